The summed E-state index contributed by atoms with van der Waals surface area (Å²) in [5.74, 6) is 0.426. The Morgan fingerprint density at radius 3 is 2.32 bits per heavy atom. The Kier molecular flexibility index (Phi) is 4.52. The quantitative estimate of drug-likeness (QED) is 0.269. The van der Waals surface area contributed by atoms with Crippen LogP contribution in [0.15, 0.2) is 65.2 Å². The molecule has 0 saturated heterocycles. The van der Waals surface area contributed by atoms with E-state index in [1.807, 2.05) is 6.20 Å². The first-order chi connectivity index (χ1) is 16.2. The predicted octanol–water partition coefficient (Wildman–Crippen LogP) is 9.27. The van der Waals surface area contributed by atoms with Crippen LogP contribution in [0.5, 0.6) is 0 Å². The Morgan fingerprint density at radius 2 is 1.53 bits per heavy atom. The molecule has 0 radical (unpaired) electrons. The van der Waals surface area contributed by atoms with Gasteiger partial charge in [0.1, 0.15) is 11.3 Å². The zero-order valence-electron chi connectivity index (χ0n) is 21.1. The highest BCUT2D eigenvalue weighted by molar-refractivity contribution is 6.10. The lowest BCUT2D eigenvalue weighted by Crippen LogP contribution is -2.33. The van der Waals surface area contributed by atoms with E-state index in [1.165, 1.54) is 39.3 Å². The fraction of sp³-hybridized carbons (Fsp3) is 0.344. The molecule has 1 aliphatic carbocycles. The van der Waals surface area contributed by atoms with E-state index < -0.39 is 0 Å². The van der Waals surface area contributed by atoms with Crippen molar-refractivity contribution in [2.45, 2.75) is 71.1 Å². The van der Waals surface area contributed by atoms with Gasteiger partial charge in [-0.05, 0) is 69.7 Å². The number of nitrogens with zero attached hydrogens (tertiary/aromatic N) is 1. The minimum Gasteiger partial charge on any atom is -0.453 e. The smallest absolute Gasteiger partial charge is 0.161 e. The summed E-state index contributed by atoms with van der Waals surface area (Å²) in [6.45, 7) is 14.0. The van der Waals surface area contributed by atoms with Gasteiger partial charge >= 0.3 is 0 Å². The topological polar surface area (TPSA) is 26.0 Å². The van der Waals surface area contributed by atoms with Crippen LogP contribution in [0.4, 0.5) is 0 Å². The lowest BCUT2D eigenvalue weighted by Gasteiger charge is -2.41. The van der Waals surface area contributed by atoms with Crippen molar-refractivity contribution in [1.82, 2.24) is 4.98 Å². The lowest BCUT2D eigenvalue weighted by atomic mass is 9.63. The van der Waals surface area contributed by atoms with Crippen molar-refractivity contribution in [3.8, 4) is 11.3 Å². The summed E-state index contributed by atoms with van der Waals surface area (Å²) in [6, 6.07) is 20.0. The molecule has 0 N–H and O–H groups in total. The molecule has 2 heteroatoms. The van der Waals surface area contributed by atoms with Crippen LogP contribution in [0, 0.1) is 0 Å². The highest BCUT2D eigenvalue weighted by Gasteiger charge is 2.39. The Morgan fingerprint density at radius 1 is 0.794 bits per heavy atom. The summed E-state index contributed by atoms with van der Waals surface area (Å²) in [5.41, 5.74) is 8.40. The third-order valence-corrected chi connectivity index (χ3v) is 8.13. The van der Waals surface area contributed by atoms with E-state index in [4.69, 9.17) is 9.40 Å². The molecule has 2 heterocycles. The first-order valence-corrected chi connectivity index (χ1v) is 12.6. The molecular formula is C32H33NO. The molecule has 0 saturated carbocycles. The van der Waals surface area contributed by atoms with Gasteiger partial charge in [0.05, 0.1) is 0 Å². The first kappa shape index (κ1) is 21.4. The molecule has 0 atom stereocenters. The summed E-state index contributed by atoms with van der Waals surface area (Å²) in [7, 11) is 0. The van der Waals surface area contributed by atoms with Gasteiger partial charge in [-0.1, -0.05) is 77.9 Å². The Bertz CT molecular complexity index is 1580. The van der Waals surface area contributed by atoms with Gasteiger partial charge < -0.3 is 4.42 Å². The van der Waals surface area contributed by atoms with E-state index in [1.54, 1.807) is 0 Å². The van der Waals surface area contributed by atoms with Crippen LogP contribution in [-0.2, 0) is 10.8 Å². The predicted molar refractivity (Wildman–Crippen MR) is 144 cm³/mol. The van der Waals surface area contributed by atoms with Crippen LogP contribution in [0.1, 0.15) is 77.0 Å². The molecule has 34 heavy (non-hydrogen) atoms. The molecule has 1 aliphatic rings. The van der Waals surface area contributed by atoms with Crippen molar-refractivity contribution in [2.24, 2.45) is 0 Å². The zero-order chi connectivity index (χ0) is 23.8. The zero-order valence-corrected chi connectivity index (χ0v) is 21.1. The van der Waals surface area contributed by atoms with Crippen LogP contribution in [0.3, 0.4) is 0 Å². The second-order valence-corrected chi connectivity index (χ2v) is 11.7. The maximum atomic E-state index is 6.82. The average molecular weight is 448 g/mol. The summed E-state index contributed by atoms with van der Waals surface area (Å²) in [4.78, 5) is 4.86. The lowest BCUT2D eigenvalue weighted by molar-refractivity contribution is 0.331. The number of furan rings is 1. The van der Waals surface area contributed by atoms with Crippen molar-refractivity contribution in [3.63, 3.8) is 0 Å². The van der Waals surface area contributed by atoms with Crippen molar-refractivity contribution in [2.75, 3.05) is 0 Å². The number of hydrogen-bond acceptors (Lipinski definition) is 2. The van der Waals surface area contributed by atoms with E-state index >= 15 is 0 Å². The van der Waals surface area contributed by atoms with Crippen molar-refractivity contribution < 1.29 is 4.42 Å². The van der Waals surface area contributed by atoms with Crippen molar-refractivity contribution >= 4 is 32.7 Å². The molecule has 2 nitrogen and oxygen atoms in total. The van der Waals surface area contributed by atoms with Crippen molar-refractivity contribution in [3.05, 3.63) is 77.5 Å². The number of fused-ring (bicyclic) bond motifs is 6. The second kappa shape index (κ2) is 7.18. The van der Waals surface area contributed by atoms with Crippen LogP contribution < -0.4 is 0 Å². The number of rotatable bonds is 2. The highest BCUT2D eigenvalue weighted by Crippen LogP contribution is 2.50. The summed E-state index contributed by atoms with van der Waals surface area (Å²) in [6.07, 6.45) is 4.29. The maximum Gasteiger partial charge on any atom is 0.161 e. The molecular weight excluding hydrogens is 414 g/mol. The molecule has 0 bridgehead atoms. The fourth-order valence-electron chi connectivity index (χ4n) is 6.05. The van der Waals surface area contributed by atoms with Gasteiger partial charge in [0.15, 0.2) is 5.58 Å². The van der Waals surface area contributed by atoms with E-state index in [2.05, 4.69) is 96.1 Å². The molecule has 2 aromatic heterocycles. The second-order valence-electron chi connectivity index (χ2n) is 11.7. The van der Waals surface area contributed by atoms with Crippen LogP contribution in [0.2, 0.25) is 0 Å². The molecule has 5 aromatic rings. The minimum atomic E-state index is 0.0829. The molecule has 172 valence electrons. The number of pyridine rings is 1. The normalized spacial score (nSPS) is 17.0. The maximum absolute atomic E-state index is 6.82. The Balaban J connectivity index is 1.68. The summed E-state index contributed by atoms with van der Waals surface area (Å²) < 4.78 is 6.82. The number of aromatic nitrogens is 1. The molecule has 0 fully saturated rings. The van der Waals surface area contributed by atoms with Gasteiger partial charge in [-0.3, -0.25) is 4.98 Å². The van der Waals surface area contributed by atoms with Gasteiger partial charge in [0.25, 0.3) is 0 Å². The number of benzene rings is 3. The molecule has 0 unspecified atom stereocenters. The van der Waals surface area contributed by atoms with E-state index in [-0.39, 0.29) is 10.8 Å². The van der Waals surface area contributed by atoms with Crippen molar-refractivity contribution in [1.29, 1.82) is 0 Å². The third-order valence-electron chi connectivity index (χ3n) is 8.13. The molecule has 6 rings (SSSR count). The highest BCUT2D eigenvalue weighted by atomic mass is 16.3. The van der Waals surface area contributed by atoms with E-state index in [0.29, 0.717) is 5.92 Å². The molecule has 0 amide bonds. The summed E-state index contributed by atoms with van der Waals surface area (Å²) >= 11 is 0. The van der Waals surface area contributed by atoms with Gasteiger partial charge in [-0.15, -0.1) is 0 Å². The van der Waals surface area contributed by atoms with Crippen LogP contribution >= 0.6 is 0 Å². The number of hydrogen-bond donors (Lipinski definition) is 0. The molecule has 0 aliphatic heterocycles. The first-order valence-electron chi connectivity index (χ1n) is 12.6. The molecule has 0 spiro atoms. The third kappa shape index (κ3) is 3.04. The monoisotopic (exact) mass is 447 g/mol. The fourth-order valence-corrected chi connectivity index (χ4v) is 6.05. The van der Waals surface area contributed by atoms with E-state index in [9.17, 15) is 0 Å². The SMILES string of the molecule is CC(C)c1cc(-c2nccc3c2oc2c4c(ccc23)C(C)(C)CCC4(C)C)cc2ccccc12. The van der Waals surface area contributed by atoms with Gasteiger partial charge in [0, 0.05) is 28.1 Å². The van der Waals surface area contributed by atoms with Gasteiger partial charge in [-0.2, -0.15) is 0 Å². The van der Waals surface area contributed by atoms with Crippen LogP contribution in [-0.4, -0.2) is 4.98 Å². The average Bonchev–Trinajstić information content (AvgIpc) is 3.19. The Hall–Kier alpha value is -3.13. The van der Waals surface area contributed by atoms with Gasteiger partial charge in [-0.25, -0.2) is 0 Å². The summed E-state index contributed by atoms with van der Waals surface area (Å²) in [5, 5.41) is 4.92. The molecule has 3 aromatic carbocycles. The largest absolute Gasteiger partial charge is 0.453 e. The standard InChI is InChI=1S/C32H33NO/c1-19(2)25-18-21(17-20-9-7-8-10-22(20)25)28-30-24(13-16-33-28)23-11-12-26-27(29(23)34-30)32(5,6)15-14-31(26,3)4/h7-13,16-19H,14-15H2,1-6H3. The Labute approximate surface area is 202 Å². The van der Waals surface area contributed by atoms with E-state index in [0.717, 1.165) is 34.2 Å². The minimum absolute atomic E-state index is 0.0829. The van der Waals surface area contributed by atoms with Crippen LogP contribution in [0.25, 0.3) is 44.0 Å². The van der Waals surface area contributed by atoms with Gasteiger partial charge in [0.2, 0.25) is 0 Å².